The van der Waals surface area contributed by atoms with Crippen molar-refractivity contribution in [2.45, 2.75) is 361 Å². The molecule has 0 heterocycles. The highest BCUT2D eigenvalue weighted by Gasteiger charge is 2.19. The van der Waals surface area contributed by atoms with Gasteiger partial charge in [0.1, 0.15) is 13.2 Å². The highest BCUT2D eigenvalue weighted by atomic mass is 16.6. The van der Waals surface area contributed by atoms with Crippen LogP contribution in [0.4, 0.5) is 0 Å². The van der Waals surface area contributed by atoms with Crippen molar-refractivity contribution in [3.63, 3.8) is 0 Å². The van der Waals surface area contributed by atoms with Crippen molar-refractivity contribution in [2.75, 3.05) is 13.2 Å². The zero-order chi connectivity index (χ0) is 59.9. The Morgan fingerprint density at radius 2 is 0.470 bits per heavy atom. The lowest BCUT2D eigenvalue weighted by atomic mass is 10.1. The summed E-state index contributed by atoms with van der Waals surface area (Å²) in [4.78, 5) is 38.5. The Kier molecular flexibility index (Phi) is 67.7. The third-order valence-corrected chi connectivity index (χ3v) is 15.5. The van der Waals surface area contributed by atoms with Gasteiger partial charge in [0.2, 0.25) is 0 Å². The molecule has 0 N–H and O–H groups in total. The number of hydrogen-bond acceptors (Lipinski definition) is 6. The summed E-state index contributed by atoms with van der Waals surface area (Å²) in [6, 6.07) is 0. The molecule has 0 radical (unpaired) electrons. The molecule has 0 aliphatic carbocycles. The van der Waals surface area contributed by atoms with Crippen molar-refractivity contribution in [1.82, 2.24) is 0 Å². The molecule has 6 nitrogen and oxygen atoms in total. The number of rotatable bonds is 65. The van der Waals surface area contributed by atoms with Gasteiger partial charge in [0, 0.05) is 19.3 Å². The summed E-state index contributed by atoms with van der Waals surface area (Å²) < 4.78 is 17.0. The number of ether oxygens (including phenoxy) is 3. The minimum atomic E-state index is -0.785. The van der Waals surface area contributed by atoms with Crippen LogP contribution in [-0.2, 0) is 28.6 Å². The number of unbranched alkanes of at least 4 members (excludes halogenated alkanes) is 38. The highest BCUT2D eigenvalue weighted by molar-refractivity contribution is 5.71. The Morgan fingerprint density at radius 3 is 0.747 bits per heavy atom. The lowest BCUT2D eigenvalue weighted by Crippen LogP contribution is -2.30. The van der Waals surface area contributed by atoms with Crippen molar-refractivity contribution in [3.05, 3.63) is 97.2 Å². The van der Waals surface area contributed by atoms with Crippen LogP contribution in [0.5, 0.6) is 0 Å². The van der Waals surface area contributed by atoms with Crippen molar-refractivity contribution >= 4 is 17.9 Å². The van der Waals surface area contributed by atoms with E-state index in [1.54, 1.807) is 0 Å². The van der Waals surface area contributed by atoms with Gasteiger partial charge in [-0.3, -0.25) is 14.4 Å². The van der Waals surface area contributed by atoms with Gasteiger partial charge in [-0.15, -0.1) is 0 Å². The van der Waals surface area contributed by atoms with Gasteiger partial charge in [0.25, 0.3) is 0 Å². The largest absolute Gasteiger partial charge is 0.462 e. The molecule has 0 aromatic rings. The summed E-state index contributed by atoms with van der Waals surface area (Å²) in [5.74, 6) is -0.875. The average Bonchev–Trinajstić information content (AvgIpc) is 3.50. The van der Waals surface area contributed by atoms with E-state index in [0.717, 1.165) is 103 Å². The van der Waals surface area contributed by atoms with Crippen LogP contribution < -0.4 is 0 Å². The average molecular weight is 1160 g/mol. The standard InChI is InChI=1S/C77H134O6/c1-4-7-10-13-16-19-22-25-28-31-34-35-36-37-38-39-40-41-44-46-49-52-55-58-61-64-67-70-76(79)82-73-74(83-77(80)71-68-65-62-59-56-53-50-47-43-33-30-27-24-21-18-15-12-9-6-3)72-81-75(78)69-66-63-60-57-54-51-48-45-42-32-29-26-23-20-17-14-11-8-5-2/h7,10,16,19,25-30,34-35,37-38,40-41,74H,4-6,8-9,11-15,17-18,20-24,31-33,36,39,42-73H2,1-3H3/b10-7-,19-16-,28-25-,29-26-,30-27-,35-34-,38-37-,41-40-. The molecule has 0 fully saturated rings. The van der Waals surface area contributed by atoms with Crippen molar-refractivity contribution in [1.29, 1.82) is 0 Å². The lowest BCUT2D eigenvalue weighted by Gasteiger charge is -2.18. The zero-order valence-electron chi connectivity index (χ0n) is 54.9. The smallest absolute Gasteiger partial charge is 0.306 e. The molecule has 0 aromatic heterocycles. The lowest BCUT2D eigenvalue weighted by molar-refractivity contribution is -0.167. The van der Waals surface area contributed by atoms with Crippen LogP contribution >= 0.6 is 0 Å². The van der Waals surface area contributed by atoms with Crippen LogP contribution in [-0.4, -0.2) is 37.2 Å². The maximum atomic E-state index is 13.0. The SMILES string of the molecule is CC/C=C\C/C=C\C/C=C\C/C=C\C/C=C\C/C=C\CCCCCCCCCCC(=O)OCC(COC(=O)CCCCCCCCCCC/C=C\CCCCCCCC)OC(=O)CCCCCCCCCCC/C=C\CCCCCCCC. The first-order valence-corrected chi connectivity index (χ1v) is 35.7. The fourth-order valence-electron chi connectivity index (χ4n) is 10.2. The molecule has 0 spiro atoms. The first kappa shape index (κ1) is 79.3. The van der Waals surface area contributed by atoms with Gasteiger partial charge < -0.3 is 14.2 Å². The van der Waals surface area contributed by atoms with Crippen LogP contribution in [0.25, 0.3) is 0 Å². The molecule has 478 valence electrons. The predicted molar refractivity (Wildman–Crippen MR) is 362 cm³/mol. The number of carbonyl (C=O) groups excluding carboxylic acids is 3. The maximum absolute atomic E-state index is 13.0. The van der Waals surface area contributed by atoms with E-state index in [1.165, 1.54) is 212 Å². The van der Waals surface area contributed by atoms with Crippen LogP contribution in [0.1, 0.15) is 355 Å². The van der Waals surface area contributed by atoms with Crippen LogP contribution in [0.15, 0.2) is 97.2 Å². The molecular formula is C77H134O6. The van der Waals surface area contributed by atoms with Gasteiger partial charge in [0.05, 0.1) is 0 Å². The summed E-state index contributed by atoms with van der Waals surface area (Å²) in [7, 11) is 0. The van der Waals surface area contributed by atoms with Gasteiger partial charge in [0.15, 0.2) is 6.10 Å². The zero-order valence-corrected chi connectivity index (χ0v) is 54.9. The monoisotopic (exact) mass is 1160 g/mol. The van der Waals surface area contributed by atoms with Gasteiger partial charge in [-0.1, -0.05) is 311 Å². The summed E-state index contributed by atoms with van der Waals surface area (Å²) in [6.45, 7) is 6.56. The second-order valence-corrected chi connectivity index (χ2v) is 23.8. The molecule has 0 bridgehead atoms. The molecule has 0 saturated heterocycles. The van der Waals surface area contributed by atoms with Gasteiger partial charge in [-0.05, 0) is 122 Å². The quantitative estimate of drug-likeness (QED) is 0.0261. The molecule has 0 amide bonds. The summed E-state index contributed by atoms with van der Waals surface area (Å²) in [5, 5.41) is 0. The van der Waals surface area contributed by atoms with E-state index < -0.39 is 6.10 Å². The summed E-state index contributed by atoms with van der Waals surface area (Å²) >= 11 is 0. The van der Waals surface area contributed by atoms with E-state index in [4.69, 9.17) is 14.2 Å². The molecule has 0 aliphatic heterocycles. The third kappa shape index (κ3) is 69.0. The van der Waals surface area contributed by atoms with E-state index in [-0.39, 0.29) is 31.1 Å². The van der Waals surface area contributed by atoms with Crippen molar-refractivity contribution in [3.8, 4) is 0 Å². The maximum Gasteiger partial charge on any atom is 0.306 e. The van der Waals surface area contributed by atoms with Crippen LogP contribution in [0, 0.1) is 0 Å². The third-order valence-electron chi connectivity index (χ3n) is 15.5. The molecule has 0 aliphatic rings. The molecule has 83 heavy (non-hydrogen) atoms. The summed E-state index contributed by atoms with van der Waals surface area (Å²) in [6.07, 6.45) is 95.6. The van der Waals surface area contributed by atoms with Gasteiger partial charge >= 0.3 is 17.9 Å². The Balaban J connectivity index is 4.37. The number of allylic oxidation sites excluding steroid dienone is 16. The van der Waals surface area contributed by atoms with Crippen molar-refractivity contribution < 1.29 is 28.6 Å². The Labute approximate surface area is 515 Å². The number of esters is 3. The molecular weight excluding hydrogens is 1020 g/mol. The number of hydrogen-bond donors (Lipinski definition) is 0. The van der Waals surface area contributed by atoms with Gasteiger partial charge in [-0.2, -0.15) is 0 Å². The van der Waals surface area contributed by atoms with Crippen molar-refractivity contribution in [2.24, 2.45) is 0 Å². The van der Waals surface area contributed by atoms with E-state index in [1.807, 2.05) is 0 Å². The van der Waals surface area contributed by atoms with Gasteiger partial charge in [-0.25, -0.2) is 0 Å². The molecule has 0 rings (SSSR count). The van der Waals surface area contributed by atoms with Crippen LogP contribution in [0.2, 0.25) is 0 Å². The summed E-state index contributed by atoms with van der Waals surface area (Å²) in [5.41, 5.74) is 0. The fraction of sp³-hybridized carbons (Fsp3) is 0.753. The van der Waals surface area contributed by atoms with E-state index in [0.29, 0.717) is 19.3 Å². The minimum absolute atomic E-state index is 0.0797. The Morgan fingerprint density at radius 1 is 0.253 bits per heavy atom. The Bertz CT molecular complexity index is 1610. The highest BCUT2D eigenvalue weighted by Crippen LogP contribution is 2.17. The molecule has 1 unspecified atom stereocenters. The van der Waals surface area contributed by atoms with E-state index in [9.17, 15) is 14.4 Å². The second-order valence-electron chi connectivity index (χ2n) is 23.8. The second kappa shape index (κ2) is 70.8. The molecule has 0 saturated carbocycles. The van der Waals surface area contributed by atoms with E-state index in [2.05, 4.69) is 118 Å². The molecule has 0 aromatic carbocycles. The minimum Gasteiger partial charge on any atom is -0.462 e. The van der Waals surface area contributed by atoms with Crippen LogP contribution in [0.3, 0.4) is 0 Å². The topological polar surface area (TPSA) is 78.9 Å². The number of carbonyl (C=O) groups is 3. The van der Waals surface area contributed by atoms with E-state index >= 15 is 0 Å². The Hall–Kier alpha value is -3.67. The normalized spacial score (nSPS) is 12.7. The molecule has 6 heteroatoms. The first-order valence-electron chi connectivity index (χ1n) is 35.7. The first-order chi connectivity index (χ1) is 41.0. The fourth-order valence-corrected chi connectivity index (χ4v) is 10.2. The predicted octanol–water partition coefficient (Wildman–Crippen LogP) is 24.8. The molecule has 1 atom stereocenters.